The van der Waals surface area contributed by atoms with Crippen LogP contribution in [0.5, 0.6) is 0 Å². The van der Waals surface area contributed by atoms with Gasteiger partial charge in [-0.1, -0.05) is 248 Å². The van der Waals surface area contributed by atoms with Gasteiger partial charge in [0, 0.05) is 19.3 Å². The van der Waals surface area contributed by atoms with Gasteiger partial charge in [-0.05, 0) is 154 Å². The average Bonchev–Trinajstić information content (AvgIpc) is 3.45. The van der Waals surface area contributed by atoms with Crippen LogP contribution in [-0.4, -0.2) is 37.2 Å². The first-order valence-corrected chi connectivity index (χ1v) is 31.3. The van der Waals surface area contributed by atoms with E-state index in [0.29, 0.717) is 19.3 Å². The third kappa shape index (κ3) is 63.2. The SMILES string of the molecule is CC/C=C\C/C=C\C/C=C\C/C=C\C/C=C\C/C=C\CCCCCCCCC(=O)OCC(COC(=O)CCCCCCC/C=C\C/C=C\C/C=C\CC)OC(=O)CCCC/C=C\C/C=C\C/C=C\C/C=C\C/C=C\C/C=C\CC. The molecule has 1 atom stereocenters. The van der Waals surface area contributed by atoms with Gasteiger partial charge in [0.05, 0.1) is 0 Å². The highest BCUT2D eigenvalue weighted by molar-refractivity contribution is 5.71. The summed E-state index contributed by atoms with van der Waals surface area (Å²) in [5.41, 5.74) is 0. The Kier molecular flexibility index (Phi) is 60.5. The summed E-state index contributed by atoms with van der Waals surface area (Å²) in [6.45, 7) is 6.22. The summed E-state index contributed by atoms with van der Waals surface area (Å²) in [5.74, 6) is -1.00. The molecule has 0 spiro atoms. The fourth-order valence-electron chi connectivity index (χ4n) is 7.81. The summed E-state index contributed by atoms with van der Waals surface area (Å²) >= 11 is 0. The number of ether oxygens (including phenoxy) is 3. The Bertz CT molecular complexity index is 1870. The van der Waals surface area contributed by atoms with E-state index in [1.807, 2.05) is 0 Å². The fourth-order valence-corrected chi connectivity index (χ4v) is 7.81. The minimum absolute atomic E-state index is 0.119. The molecule has 440 valence electrons. The molecule has 0 amide bonds. The lowest BCUT2D eigenvalue weighted by atomic mass is 10.1. The number of carbonyl (C=O) groups is 3. The normalized spacial score (nSPS) is 13.4. The van der Waals surface area contributed by atoms with Crippen molar-refractivity contribution >= 4 is 17.9 Å². The van der Waals surface area contributed by atoms with Gasteiger partial charge in [0.2, 0.25) is 0 Å². The third-order valence-corrected chi connectivity index (χ3v) is 12.4. The largest absolute Gasteiger partial charge is 0.462 e. The highest BCUT2D eigenvalue weighted by Crippen LogP contribution is 2.13. The van der Waals surface area contributed by atoms with Crippen molar-refractivity contribution in [3.05, 3.63) is 182 Å². The van der Waals surface area contributed by atoms with Gasteiger partial charge in [-0.25, -0.2) is 0 Å². The number of unbranched alkanes of at least 4 members (excludes halogenated alkanes) is 13. The van der Waals surface area contributed by atoms with E-state index in [0.717, 1.165) is 180 Å². The quantitative estimate of drug-likeness (QED) is 0.0261. The summed E-state index contributed by atoms with van der Waals surface area (Å²) in [6.07, 6.45) is 97.4. The predicted octanol–water partition coefficient (Wildman–Crippen LogP) is 21.7. The van der Waals surface area contributed by atoms with Crippen LogP contribution in [0.4, 0.5) is 0 Å². The first-order valence-electron chi connectivity index (χ1n) is 31.3. The molecule has 0 aromatic heterocycles. The van der Waals surface area contributed by atoms with Crippen molar-refractivity contribution < 1.29 is 28.6 Å². The van der Waals surface area contributed by atoms with Gasteiger partial charge in [0.1, 0.15) is 13.2 Å². The second kappa shape index (κ2) is 65.0. The van der Waals surface area contributed by atoms with Gasteiger partial charge >= 0.3 is 17.9 Å². The third-order valence-electron chi connectivity index (χ3n) is 12.4. The van der Waals surface area contributed by atoms with Crippen molar-refractivity contribution in [2.45, 2.75) is 245 Å². The molecule has 0 aliphatic rings. The molecule has 0 aromatic carbocycles. The molecule has 1 unspecified atom stereocenters. The summed E-state index contributed by atoms with van der Waals surface area (Å²) in [4.78, 5) is 38.3. The van der Waals surface area contributed by atoms with E-state index in [4.69, 9.17) is 14.2 Å². The molecule has 6 heteroatoms. The van der Waals surface area contributed by atoms with E-state index in [-0.39, 0.29) is 37.5 Å². The Morgan fingerprint density at radius 1 is 0.253 bits per heavy atom. The van der Waals surface area contributed by atoms with Gasteiger partial charge in [-0.3, -0.25) is 14.4 Å². The zero-order valence-electron chi connectivity index (χ0n) is 50.3. The summed E-state index contributed by atoms with van der Waals surface area (Å²) < 4.78 is 16.9. The Labute approximate surface area is 484 Å². The topological polar surface area (TPSA) is 78.9 Å². The number of carbonyl (C=O) groups excluding carboxylic acids is 3. The molecule has 0 aromatic rings. The minimum atomic E-state index is -0.827. The van der Waals surface area contributed by atoms with Crippen LogP contribution in [0.2, 0.25) is 0 Å². The van der Waals surface area contributed by atoms with Crippen LogP contribution >= 0.6 is 0 Å². The lowest BCUT2D eigenvalue weighted by Gasteiger charge is -2.18. The van der Waals surface area contributed by atoms with Crippen molar-refractivity contribution in [3.8, 4) is 0 Å². The Hall–Kier alpha value is -5.49. The Morgan fingerprint density at radius 3 is 0.734 bits per heavy atom. The van der Waals surface area contributed by atoms with Crippen LogP contribution in [0.15, 0.2) is 182 Å². The second-order valence-electron chi connectivity index (χ2n) is 19.8. The van der Waals surface area contributed by atoms with Crippen molar-refractivity contribution in [1.82, 2.24) is 0 Å². The van der Waals surface area contributed by atoms with Crippen LogP contribution in [0.1, 0.15) is 239 Å². The Balaban J connectivity index is 4.54. The molecule has 6 nitrogen and oxygen atoms in total. The molecule has 0 saturated heterocycles. The summed E-state index contributed by atoms with van der Waals surface area (Å²) in [6, 6.07) is 0. The second-order valence-corrected chi connectivity index (χ2v) is 19.8. The van der Waals surface area contributed by atoms with Gasteiger partial charge in [-0.15, -0.1) is 0 Å². The van der Waals surface area contributed by atoms with Crippen LogP contribution in [0, 0.1) is 0 Å². The predicted molar refractivity (Wildman–Crippen MR) is 343 cm³/mol. The van der Waals surface area contributed by atoms with Gasteiger partial charge in [0.25, 0.3) is 0 Å². The molecule has 0 heterocycles. The smallest absolute Gasteiger partial charge is 0.306 e. The summed E-state index contributed by atoms with van der Waals surface area (Å²) in [5, 5.41) is 0. The molecule has 0 saturated carbocycles. The van der Waals surface area contributed by atoms with Gasteiger partial charge < -0.3 is 14.2 Å². The van der Waals surface area contributed by atoms with E-state index in [1.165, 1.54) is 12.8 Å². The van der Waals surface area contributed by atoms with E-state index < -0.39 is 6.10 Å². The highest BCUT2D eigenvalue weighted by Gasteiger charge is 2.19. The molecule has 0 radical (unpaired) electrons. The zero-order valence-corrected chi connectivity index (χ0v) is 50.3. The lowest BCUT2D eigenvalue weighted by molar-refractivity contribution is -0.167. The van der Waals surface area contributed by atoms with Gasteiger partial charge in [0.15, 0.2) is 6.10 Å². The van der Waals surface area contributed by atoms with Crippen LogP contribution in [0.25, 0.3) is 0 Å². The zero-order chi connectivity index (χ0) is 57.1. The molecule has 0 rings (SSSR count). The first kappa shape index (κ1) is 73.5. The molecule has 0 fully saturated rings. The fraction of sp³-hybridized carbons (Fsp3) is 0.548. The molecular weight excluding hydrogens is 973 g/mol. The molecular formula is C73H112O6. The monoisotopic (exact) mass is 1080 g/mol. The minimum Gasteiger partial charge on any atom is -0.462 e. The number of hydrogen-bond acceptors (Lipinski definition) is 6. The van der Waals surface area contributed by atoms with Crippen molar-refractivity contribution in [2.75, 3.05) is 13.2 Å². The van der Waals surface area contributed by atoms with E-state index in [9.17, 15) is 14.4 Å². The maximum Gasteiger partial charge on any atom is 0.306 e. The van der Waals surface area contributed by atoms with Gasteiger partial charge in [-0.2, -0.15) is 0 Å². The lowest BCUT2D eigenvalue weighted by Crippen LogP contribution is -2.30. The Morgan fingerprint density at radius 2 is 0.456 bits per heavy atom. The summed E-state index contributed by atoms with van der Waals surface area (Å²) in [7, 11) is 0. The molecule has 79 heavy (non-hydrogen) atoms. The van der Waals surface area contributed by atoms with Crippen LogP contribution < -0.4 is 0 Å². The molecule has 0 bridgehead atoms. The van der Waals surface area contributed by atoms with Crippen molar-refractivity contribution in [2.24, 2.45) is 0 Å². The van der Waals surface area contributed by atoms with Crippen LogP contribution in [0.3, 0.4) is 0 Å². The average molecular weight is 1090 g/mol. The van der Waals surface area contributed by atoms with Crippen LogP contribution in [-0.2, 0) is 28.6 Å². The maximum atomic E-state index is 12.9. The number of esters is 3. The van der Waals surface area contributed by atoms with E-state index in [1.54, 1.807) is 0 Å². The standard InChI is InChI=1S/C73H112O6/c1-4-7-10-13-16-19-22-25-28-30-32-34-35-36-37-39-40-42-45-48-51-54-57-60-63-66-72(75)78-69-70(68-77-71(74)65-62-59-56-53-50-47-44-27-24-21-18-15-12-9-6-3)79-73(76)67-64-61-58-55-52-49-46-43-41-38-33-31-29-26-23-20-17-14-11-8-5-2/h7-12,16-21,25-29,32-34,36-38,40,42-44,46,52,55,70H,4-6,13-15,22-24,30-31,35,39,41,45,47-51,53-54,56-69H2,1-3H3/b10-7-,11-8-,12-9-,19-16-,20-17-,21-18-,28-25-,29-26-,34-32-,37-36-,38-33-,42-40-,44-27-,46-43-,55-52-. The highest BCUT2D eigenvalue weighted by atomic mass is 16.6. The molecule has 0 N–H and O–H groups in total. The van der Waals surface area contributed by atoms with E-state index >= 15 is 0 Å². The maximum absolute atomic E-state index is 12.9. The van der Waals surface area contributed by atoms with Crippen molar-refractivity contribution in [1.29, 1.82) is 0 Å². The van der Waals surface area contributed by atoms with E-state index in [2.05, 4.69) is 203 Å². The molecule has 0 aliphatic carbocycles. The first-order chi connectivity index (χ1) is 39.0. The number of rotatable bonds is 54. The molecule has 0 aliphatic heterocycles. The van der Waals surface area contributed by atoms with Crippen molar-refractivity contribution in [3.63, 3.8) is 0 Å². The number of allylic oxidation sites excluding steroid dienone is 30. The number of hydrogen-bond donors (Lipinski definition) is 0.